The minimum absolute atomic E-state index is 0.0374. The zero-order chi connectivity index (χ0) is 29.7. The van der Waals surface area contributed by atoms with Crippen LogP contribution in [0, 0.1) is 0 Å². The van der Waals surface area contributed by atoms with Crippen molar-refractivity contribution in [3.63, 3.8) is 0 Å². The maximum Gasteiger partial charge on any atom is 0.442 e. The number of thioether (sulfide) groups is 2. The van der Waals surface area contributed by atoms with Crippen LogP contribution < -0.4 is 5.32 Å². The summed E-state index contributed by atoms with van der Waals surface area (Å²) < 4.78 is 54.1. The lowest BCUT2D eigenvalue weighted by atomic mass is 10.0. The first kappa shape index (κ1) is 30.5. The molecule has 218 valence electrons. The van der Waals surface area contributed by atoms with Crippen molar-refractivity contribution in [2.24, 2.45) is 0 Å². The van der Waals surface area contributed by atoms with Crippen LogP contribution in [0.1, 0.15) is 24.2 Å². The van der Waals surface area contributed by atoms with Crippen LogP contribution >= 0.6 is 23.5 Å². The van der Waals surface area contributed by atoms with Gasteiger partial charge in [0.05, 0.1) is 5.75 Å². The lowest BCUT2D eigenvalue weighted by Gasteiger charge is -2.50. The van der Waals surface area contributed by atoms with E-state index in [4.69, 9.17) is 14.2 Å². The average molecular weight is 611 g/mol. The largest absolute Gasteiger partial charge is 0.448 e. The molecule has 2 aliphatic rings. The average Bonchev–Trinajstić information content (AvgIpc) is 2.95. The van der Waals surface area contributed by atoms with E-state index < -0.39 is 70.6 Å². The van der Waals surface area contributed by atoms with Gasteiger partial charge in [0.1, 0.15) is 17.1 Å². The summed E-state index contributed by atoms with van der Waals surface area (Å²) >= 11 is 0.604. The van der Waals surface area contributed by atoms with Gasteiger partial charge in [-0.05, 0) is 22.9 Å². The first-order chi connectivity index (χ1) is 19.5. The minimum Gasteiger partial charge on any atom is -0.448 e. The van der Waals surface area contributed by atoms with Crippen LogP contribution in [0.2, 0.25) is 0 Å². The lowest BCUT2D eigenvalue weighted by molar-refractivity contribution is -0.166. The van der Waals surface area contributed by atoms with E-state index in [2.05, 4.69) is 5.32 Å². The van der Waals surface area contributed by atoms with Crippen LogP contribution in [0.3, 0.4) is 0 Å². The second-order valence-electron chi connectivity index (χ2n) is 8.85. The summed E-state index contributed by atoms with van der Waals surface area (Å²) in [6.07, 6.45) is -2.19. The van der Waals surface area contributed by atoms with Crippen LogP contribution in [0.5, 0.6) is 0 Å². The summed E-state index contributed by atoms with van der Waals surface area (Å²) in [4.78, 5) is 52.1. The maximum absolute atomic E-state index is 13.9. The Balaban J connectivity index is 1.65. The minimum atomic E-state index is -4.61. The van der Waals surface area contributed by atoms with Crippen LogP contribution in [0.4, 0.5) is 13.2 Å². The summed E-state index contributed by atoms with van der Waals surface area (Å²) in [5.74, 6) is -4.20. The van der Waals surface area contributed by atoms with E-state index in [1.54, 1.807) is 60.7 Å². The molecule has 0 aromatic heterocycles. The van der Waals surface area contributed by atoms with Gasteiger partial charge in [0, 0.05) is 25.4 Å². The number of benzene rings is 2. The molecule has 2 aromatic rings. The second-order valence-corrected chi connectivity index (χ2v) is 11.0. The molecule has 41 heavy (non-hydrogen) atoms. The highest BCUT2D eigenvalue weighted by atomic mass is 32.2. The SMILES string of the molecule is COC(OC(C)=O)C1=C(C(=O)OC(c2ccccc2)c2ccccc2)N2C(=O)[C@@H](NC(=O)CSC(F)(F)F)[C@H]2SC1. The normalized spacial score (nSPS) is 19.3. The quantitative estimate of drug-likeness (QED) is 0.244. The fraction of sp³-hybridized carbons (Fsp3) is 0.333. The van der Waals surface area contributed by atoms with Crippen molar-refractivity contribution in [3.8, 4) is 0 Å². The number of nitrogens with one attached hydrogen (secondary N) is 1. The predicted molar refractivity (Wildman–Crippen MR) is 144 cm³/mol. The van der Waals surface area contributed by atoms with Crippen molar-refractivity contribution in [1.82, 2.24) is 10.2 Å². The first-order valence-corrected chi connectivity index (χ1v) is 14.2. The molecule has 9 nitrogen and oxygen atoms in total. The summed E-state index contributed by atoms with van der Waals surface area (Å²) in [5.41, 5.74) is -3.37. The molecule has 1 unspecified atom stereocenters. The number of fused-ring (bicyclic) bond motifs is 1. The van der Waals surface area contributed by atoms with E-state index in [0.717, 1.165) is 23.6 Å². The Morgan fingerprint density at radius 3 is 2.15 bits per heavy atom. The van der Waals surface area contributed by atoms with Crippen molar-refractivity contribution in [1.29, 1.82) is 0 Å². The molecule has 3 atom stereocenters. The zero-order valence-electron chi connectivity index (χ0n) is 21.8. The summed E-state index contributed by atoms with van der Waals surface area (Å²) in [6.45, 7) is 1.16. The molecule has 0 aliphatic carbocycles. The van der Waals surface area contributed by atoms with Crippen LogP contribution in [-0.2, 0) is 33.4 Å². The van der Waals surface area contributed by atoms with Gasteiger partial charge in [0.15, 0.2) is 6.10 Å². The number of ether oxygens (including phenoxy) is 3. The number of nitrogens with zero attached hydrogens (tertiary/aromatic N) is 1. The number of hydrogen-bond donors (Lipinski definition) is 1. The summed E-state index contributed by atoms with van der Waals surface area (Å²) in [6, 6.07) is 16.7. The number of β-lactam (4-membered cyclic amide) rings is 1. The molecule has 1 saturated heterocycles. The van der Waals surface area contributed by atoms with Crippen molar-refractivity contribution in [2.45, 2.75) is 36.2 Å². The van der Waals surface area contributed by atoms with Gasteiger partial charge >= 0.3 is 17.4 Å². The molecule has 2 aliphatic heterocycles. The molecule has 14 heteroatoms. The number of halogens is 3. The summed E-state index contributed by atoms with van der Waals surface area (Å²) in [5, 5.41) is 1.51. The van der Waals surface area contributed by atoms with Crippen molar-refractivity contribution in [3.05, 3.63) is 83.1 Å². The van der Waals surface area contributed by atoms with Crippen LogP contribution in [-0.4, -0.2) is 70.5 Å². The van der Waals surface area contributed by atoms with Crippen molar-refractivity contribution < 1.29 is 46.6 Å². The fourth-order valence-electron chi connectivity index (χ4n) is 4.33. The number of amides is 2. The molecule has 0 spiro atoms. The Bertz CT molecular complexity index is 1290. The van der Waals surface area contributed by atoms with Gasteiger partial charge in [0.2, 0.25) is 12.2 Å². The second kappa shape index (κ2) is 13.0. The molecular weight excluding hydrogens is 585 g/mol. The Hall–Kier alpha value is -3.49. The van der Waals surface area contributed by atoms with Crippen LogP contribution in [0.15, 0.2) is 71.9 Å². The molecular formula is C27H25F3N2O7S2. The van der Waals surface area contributed by atoms with Crippen molar-refractivity contribution in [2.75, 3.05) is 18.6 Å². The summed E-state index contributed by atoms with van der Waals surface area (Å²) in [7, 11) is 1.26. The van der Waals surface area contributed by atoms with E-state index in [9.17, 15) is 32.3 Å². The van der Waals surface area contributed by atoms with Gasteiger partial charge in [-0.3, -0.25) is 19.3 Å². The Kier molecular flexibility index (Phi) is 9.66. The van der Waals surface area contributed by atoms with Gasteiger partial charge in [-0.25, -0.2) is 4.79 Å². The Morgan fingerprint density at radius 1 is 1.05 bits per heavy atom. The van der Waals surface area contributed by atoms with Gasteiger partial charge in [-0.15, -0.1) is 11.8 Å². The third-order valence-corrected chi connectivity index (χ3v) is 8.11. The number of methoxy groups -OCH3 is 1. The third kappa shape index (κ3) is 7.24. The Labute approximate surface area is 241 Å². The number of hydrogen-bond acceptors (Lipinski definition) is 9. The molecule has 0 bridgehead atoms. The standard InChI is InChI=1S/C27H25F3N2O7S2/c1-15(33)38-26(37-2)18-13-40-24-20(31-19(34)14-41-27(28,29)30)23(35)32(24)21(18)25(36)39-22(16-9-5-3-6-10-16)17-11-7-4-8-12-17/h3-12,20,22,24,26H,13-14H2,1-2H3,(H,31,34)/t20-,24-,26?/m1/s1. The predicted octanol–water partition coefficient (Wildman–Crippen LogP) is 3.76. The molecule has 2 heterocycles. The highest BCUT2D eigenvalue weighted by Gasteiger charge is 2.55. The molecule has 4 rings (SSSR count). The van der Waals surface area contributed by atoms with E-state index in [1.165, 1.54) is 7.11 Å². The number of carbonyl (C=O) groups is 4. The first-order valence-electron chi connectivity index (χ1n) is 12.2. The van der Waals surface area contributed by atoms with E-state index in [-0.39, 0.29) is 17.0 Å². The van der Waals surface area contributed by atoms with E-state index >= 15 is 0 Å². The van der Waals surface area contributed by atoms with Gasteiger partial charge < -0.3 is 19.5 Å². The highest BCUT2D eigenvalue weighted by molar-refractivity contribution is 8.00. The highest BCUT2D eigenvalue weighted by Crippen LogP contribution is 2.43. The third-order valence-electron chi connectivity index (χ3n) is 6.08. The smallest absolute Gasteiger partial charge is 0.442 e. The topological polar surface area (TPSA) is 111 Å². The van der Waals surface area contributed by atoms with E-state index in [1.807, 2.05) is 0 Å². The molecule has 0 radical (unpaired) electrons. The molecule has 0 saturated carbocycles. The number of alkyl halides is 3. The van der Waals surface area contributed by atoms with Crippen LogP contribution in [0.25, 0.3) is 0 Å². The van der Waals surface area contributed by atoms with Gasteiger partial charge in [-0.1, -0.05) is 60.7 Å². The molecule has 1 N–H and O–H groups in total. The monoisotopic (exact) mass is 610 g/mol. The fourth-order valence-corrected chi connectivity index (χ4v) is 6.07. The number of carbonyl (C=O) groups excluding carboxylic acids is 4. The lowest BCUT2D eigenvalue weighted by Crippen LogP contribution is -2.71. The Morgan fingerprint density at radius 2 is 1.63 bits per heavy atom. The molecule has 2 aromatic carbocycles. The number of rotatable bonds is 10. The molecule has 1 fully saturated rings. The van der Waals surface area contributed by atoms with E-state index in [0.29, 0.717) is 11.1 Å². The maximum atomic E-state index is 13.9. The zero-order valence-corrected chi connectivity index (χ0v) is 23.4. The van der Waals surface area contributed by atoms with Crippen molar-refractivity contribution >= 4 is 47.3 Å². The molecule has 2 amide bonds. The van der Waals surface area contributed by atoms with Gasteiger partial charge in [-0.2, -0.15) is 13.2 Å². The van der Waals surface area contributed by atoms with Gasteiger partial charge in [0.25, 0.3) is 5.91 Å². The number of esters is 2.